The number of carboxylic acids is 4. The largest absolute Gasteiger partial charge is 0.478 e. The second-order valence-corrected chi connectivity index (χ2v) is 12.2. The minimum atomic E-state index is -3.98. The van der Waals surface area contributed by atoms with Crippen molar-refractivity contribution in [3.05, 3.63) is 119 Å². The van der Waals surface area contributed by atoms with Crippen molar-refractivity contribution in [2.24, 2.45) is 0 Å². The number of sulfone groups is 2. The van der Waals surface area contributed by atoms with Crippen molar-refractivity contribution < 1.29 is 56.4 Å². The van der Waals surface area contributed by atoms with Crippen LogP contribution in [0.25, 0.3) is 0 Å². The van der Waals surface area contributed by atoms with E-state index in [1.165, 1.54) is 78.9 Å². The molecule has 4 N–H and O–H groups in total. The van der Waals surface area contributed by atoms with Crippen LogP contribution in [0.3, 0.4) is 0 Å². The van der Waals surface area contributed by atoms with Crippen molar-refractivity contribution in [1.82, 2.24) is 0 Å². The Morgan fingerprint density at radius 1 is 0.381 bits per heavy atom. The van der Waals surface area contributed by atoms with Crippen LogP contribution in [0.1, 0.15) is 41.4 Å². The second kappa shape index (κ2) is 12.4. The molecule has 0 amide bonds. The lowest BCUT2D eigenvalue weighted by atomic mass is 10.2. The Labute approximate surface area is 238 Å². The monoisotopic (exact) mass is 612 g/mol. The van der Waals surface area contributed by atoms with Crippen molar-refractivity contribution in [3.63, 3.8) is 0 Å². The lowest BCUT2D eigenvalue weighted by Crippen LogP contribution is -2.06. The Morgan fingerprint density at radius 3 is 0.952 bits per heavy atom. The number of rotatable bonds is 8. The molecule has 0 heterocycles. The van der Waals surface area contributed by atoms with Crippen molar-refractivity contribution in [1.29, 1.82) is 0 Å². The van der Waals surface area contributed by atoms with Crippen LogP contribution in [0, 0.1) is 0 Å². The zero-order valence-electron chi connectivity index (χ0n) is 21.1. The van der Waals surface area contributed by atoms with E-state index >= 15 is 0 Å². The van der Waals surface area contributed by atoms with E-state index in [1.807, 2.05) is 0 Å². The van der Waals surface area contributed by atoms with E-state index in [1.54, 1.807) is 0 Å². The molecule has 14 heteroatoms. The molecule has 0 aliphatic heterocycles. The molecule has 0 aliphatic rings. The Kier molecular flexibility index (Phi) is 9.25. The minimum Gasteiger partial charge on any atom is -0.478 e. The summed E-state index contributed by atoms with van der Waals surface area (Å²) in [7, 11) is -7.87. The molecule has 42 heavy (non-hydrogen) atoms. The van der Waals surface area contributed by atoms with Crippen LogP contribution >= 0.6 is 0 Å². The molecule has 0 fully saturated rings. The molecule has 0 spiro atoms. The molecule has 0 saturated carbocycles. The first-order valence-electron chi connectivity index (χ1n) is 11.5. The average Bonchev–Trinajstić information content (AvgIpc) is 2.97. The van der Waals surface area contributed by atoms with Crippen LogP contribution in [0.4, 0.5) is 0 Å². The third-order valence-corrected chi connectivity index (χ3v) is 9.10. The first kappa shape index (κ1) is 31.2. The number of carboxylic acid groups (broad SMARTS) is 4. The van der Waals surface area contributed by atoms with E-state index in [9.17, 15) is 36.0 Å². The van der Waals surface area contributed by atoms with E-state index in [-0.39, 0.29) is 41.8 Å². The minimum absolute atomic E-state index is 0.0340. The highest BCUT2D eigenvalue weighted by atomic mass is 32.2. The third-order valence-electron chi connectivity index (χ3n) is 5.59. The summed E-state index contributed by atoms with van der Waals surface area (Å²) >= 11 is 0. The first-order valence-corrected chi connectivity index (χ1v) is 14.4. The summed E-state index contributed by atoms with van der Waals surface area (Å²) < 4.78 is 49.5. The molecular weight excluding hydrogens is 592 g/mol. The number of benzene rings is 4. The number of aromatic carboxylic acids is 4. The molecule has 4 rings (SSSR count). The summed E-state index contributed by atoms with van der Waals surface area (Å²) in [6.07, 6.45) is 0. The fraction of sp³-hybridized carbons (Fsp3) is 0. The molecular formula is C28H20O12S2. The molecule has 4 aromatic carbocycles. The van der Waals surface area contributed by atoms with Gasteiger partial charge in [-0.3, -0.25) is 0 Å². The molecule has 0 aliphatic carbocycles. The van der Waals surface area contributed by atoms with Gasteiger partial charge in [0.1, 0.15) is 0 Å². The van der Waals surface area contributed by atoms with E-state index in [0.29, 0.717) is 0 Å². The van der Waals surface area contributed by atoms with Crippen LogP contribution in [0.2, 0.25) is 0 Å². The third kappa shape index (κ3) is 7.04. The van der Waals surface area contributed by atoms with Crippen molar-refractivity contribution in [3.8, 4) is 0 Å². The van der Waals surface area contributed by atoms with Gasteiger partial charge in [0, 0.05) is 0 Å². The Hall–Kier alpha value is -5.34. The van der Waals surface area contributed by atoms with Gasteiger partial charge in [0.05, 0.1) is 41.8 Å². The van der Waals surface area contributed by atoms with Crippen LogP contribution < -0.4 is 0 Å². The Morgan fingerprint density at radius 2 is 0.667 bits per heavy atom. The van der Waals surface area contributed by atoms with Crippen molar-refractivity contribution in [2.45, 2.75) is 19.6 Å². The Bertz CT molecular complexity index is 1850. The molecule has 0 bridgehead atoms. The van der Waals surface area contributed by atoms with Crippen molar-refractivity contribution in [2.75, 3.05) is 0 Å². The number of hydrogen-bond acceptors (Lipinski definition) is 8. The van der Waals surface area contributed by atoms with Gasteiger partial charge in [-0.15, -0.1) is 0 Å². The molecule has 0 saturated heterocycles. The average molecular weight is 613 g/mol. The number of carbonyl (C=O) groups is 4. The SMILES string of the molecule is O=C(O)c1ccc(S(=O)(=O)c2cccc(C(=O)O)c2)cc1.O=C(O)c1cccc(S(=O)(=O)c2cccc(C(=O)O)c2)c1. The van der Waals surface area contributed by atoms with Gasteiger partial charge in [-0.2, -0.15) is 0 Å². The number of hydrogen-bond donors (Lipinski definition) is 4. The van der Waals surface area contributed by atoms with Crippen LogP contribution in [-0.4, -0.2) is 61.1 Å². The highest BCUT2D eigenvalue weighted by Crippen LogP contribution is 2.23. The van der Waals surface area contributed by atoms with Gasteiger partial charge in [-0.1, -0.05) is 18.2 Å². The standard InChI is InChI=1S/2C14H10O6S/c15-13(16)9-3-1-5-11(7-9)21(19,20)12-6-2-4-10(8-12)14(17)18;15-13(16)9-4-6-11(7-5-9)21(19,20)12-3-1-2-10(8-12)14(17)18/h2*1-8H,(H,15,16)(H,17,18). The van der Waals surface area contributed by atoms with Gasteiger partial charge < -0.3 is 20.4 Å². The lowest BCUT2D eigenvalue weighted by Gasteiger charge is -2.06. The van der Waals surface area contributed by atoms with Crippen LogP contribution in [0.15, 0.2) is 117 Å². The zero-order chi connectivity index (χ0) is 31.2. The molecule has 0 unspecified atom stereocenters. The summed E-state index contributed by atoms with van der Waals surface area (Å²) in [4.78, 5) is 42.7. The fourth-order valence-electron chi connectivity index (χ4n) is 3.44. The second-order valence-electron chi connectivity index (χ2n) is 8.34. The normalized spacial score (nSPS) is 11.0. The molecule has 0 atom stereocenters. The fourth-order valence-corrected chi connectivity index (χ4v) is 6.10. The summed E-state index contributed by atoms with van der Waals surface area (Å²) in [6.45, 7) is 0. The van der Waals surface area contributed by atoms with Gasteiger partial charge in [-0.05, 0) is 78.9 Å². The van der Waals surface area contributed by atoms with Gasteiger partial charge in [0.15, 0.2) is 0 Å². The van der Waals surface area contributed by atoms with E-state index in [0.717, 1.165) is 18.2 Å². The predicted molar refractivity (Wildman–Crippen MR) is 145 cm³/mol. The van der Waals surface area contributed by atoms with Gasteiger partial charge in [-0.25, -0.2) is 36.0 Å². The summed E-state index contributed by atoms with van der Waals surface area (Å²) in [5.74, 6) is -4.88. The zero-order valence-corrected chi connectivity index (χ0v) is 22.7. The maximum Gasteiger partial charge on any atom is 0.335 e. The summed E-state index contributed by atoms with van der Waals surface area (Å²) in [5, 5.41) is 35.4. The maximum atomic E-state index is 12.4. The molecule has 0 aromatic heterocycles. The molecule has 216 valence electrons. The van der Waals surface area contributed by atoms with Gasteiger partial charge >= 0.3 is 23.9 Å². The quantitative estimate of drug-likeness (QED) is 0.223. The Balaban J connectivity index is 0.000000230. The molecule has 12 nitrogen and oxygen atoms in total. The summed E-state index contributed by atoms with van der Waals surface area (Å²) in [6, 6.07) is 19.4. The first-order chi connectivity index (χ1) is 19.6. The van der Waals surface area contributed by atoms with Crippen LogP contribution in [0.5, 0.6) is 0 Å². The predicted octanol–water partition coefficient (Wildman–Crippen LogP) is 3.83. The van der Waals surface area contributed by atoms with E-state index in [4.69, 9.17) is 20.4 Å². The highest BCUT2D eigenvalue weighted by Gasteiger charge is 2.21. The summed E-state index contributed by atoms with van der Waals surface area (Å²) in [5.41, 5.74) is -0.498. The van der Waals surface area contributed by atoms with E-state index < -0.39 is 43.6 Å². The molecule has 0 radical (unpaired) electrons. The van der Waals surface area contributed by atoms with E-state index in [2.05, 4.69) is 0 Å². The van der Waals surface area contributed by atoms with Gasteiger partial charge in [0.2, 0.25) is 19.7 Å². The van der Waals surface area contributed by atoms with Gasteiger partial charge in [0.25, 0.3) is 0 Å². The maximum absolute atomic E-state index is 12.4. The topological polar surface area (TPSA) is 217 Å². The van der Waals surface area contributed by atoms with Crippen molar-refractivity contribution >= 4 is 43.6 Å². The highest BCUT2D eigenvalue weighted by molar-refractivity contribution is 7.91. The molecule has 4 aromatic rings. The van der Waals surface area contributed by atoms with Crippen LogP contribution in [-0.2, 0) is 19.7 Å². The smallest absolute Gasteiger partial charge is 0.335 e. The lowest BCUT2D eigenvalue weighted by molar-refractivity contribution is 0.0685.